The largest absolute Gasteiger partial charge is 0.435 e. The van der Waals surface area contributed by atoms with Crippen molar-refractivity contribution in [2.75, 3.05) is 0 Å². The molecular weight excluding hydrogens is 317 g/mol. The smallest absolute Gasteiger partial charge is 0.239 e. The minimum Gasteiger partial charge on any atom is -0.239 e. The van der Waals surface area contributed by atoms with Crippen LogP contribution in [0.2, 0.25) is 5.02 Å². The molecule has 0 radical (unpaired) electrons. The lowest BCUT2D eigenvalue weighted by molar-refractivity contribution is -0.167. The maximum atomic E-state index is 13.1. The highest BCUT2D eigenvalue weighted by Crippen LogP contribution is 2.39. The van der Waals surface area contributed by atoms with E-state index in [4.69, 9.17) is 11.6 Å². The Morgan fingerprint density at radius 1 is 0.800 bits per heavy atom. The molecule has 0 amide bonds. The van der Waals surface area contributed by atoms with E-state index in [0.717, 1.165) is 0 Å². The summed E-state index contributed by atoms with van der Waals surface area (Å²) in [5, 5.41) is -0.570. The quantitative estimate of drug-likeness (QED) is 0.670. The zero-order valence-electron chi connectivity index (χ0n) is 9.07. The van der Waals surface area contributed by atoms with Crippen LogP contribution in [0.15, 0.2) is 12.1 Å². The van der Waals surface area contributed by atoms with Crippen LogP contribution in [0.5, 0.6) is 0 Å². The Labute approximate surface area is 111 Å². The highest BCUT2D eigenvalue weighted by Gasteiger charge is 2.46. The number of halogens is 8. The zero-order chi connectivity index (χ0) is 15.3. The second-order valence-corrected chi connectivity index (χ2v) is 4.08. The molecular formula is C10H2ClF7N2. The second-order valence-electron chi connectivity index (χ2n) is 3.67. The number of nitrogens with zero attached hydrogens (tertiary/aromatic N) is 2. The van der Waals surface area contributed by atoms with Gasteiger partial charge in [-0.25, -0.2) is 14.4 Å². The van der Waals surface area contributed by atoms with Crippen molar-refractivity contribution in [1.82, 2.24) is 9.97 Å². The van der Waals surface area contributed by atoms with Crippen molar-refractivity contribution in [3.05, 3.63) is 34.4 Å². The van der Waals surface area contributed by atoms with Crippen LogP contribution >= 0.6 is 11.6 Å². The van der Waals surface area contributed by atoms with Crippen molar-refractivity contribution in [3.8, 4) is 0 Å². The first-order valence-corrected chi connectivity index (χ1v) is 5.19. The third kappa shape index (κ3) is 2.62. The van der Waals surface area contributed by atoms with E-state index >= 15 is 0 Å². The molecule has 2 nitrogen and oxygen atoms in total. The lowest BCUT2D eigenvalue weighted by Gasteiger charge is -2.14. The molecule has 1 aromatic heterocycles. The van der Waals surface area contributed by atoms with E-state index in [2.05, 4.69) is 9.97 Å². The predicted octanol–water partition coefficient (Wildman–Crippen LogP) is 4.46. The number of aromatic nitrogens is 2. The van der Waals surface area contributed by atoms with Crippen LogP contribution in [-0.2, 0) is 12.4 Å². The molecule has 0 saturated carbocycles. The molecule has 2 aromatic rings. The number of hydrogen-bond acceptors (Lipinski definition) is 2. The molecule has 0 bridgehead atoms. The van der Waals surface area contributed by atoms with Gasteiger partial charge in [0, 0.05) is 6.07 Å². The molecule has 0 aliphatic rings. The molecule has 0 spiro atoms. The van der Waals surface area contributed by atoms with Gasteiger partial charge in [0.15, 0.2) is 11.4 Å². The summed E-state index contributed by atoms with van der Waals surface area (Å²) < 4.78 is 88.5. The fourth-order valence-electron chi connectivity index (χ4n) is 1.45. The van der Waals surface area contributed by atoms with E-state index in [-0.39, 0.29) is 0 Å². The first kappa shape index (κ1) is 14.8. The van der Waals surface area contributed by atoms with Gasteiger partial charge in [-0.1, -0.05) is 11.6 Å². The van der Waals surface area contributed by atoms with E-state index < -0.39 is 45.6 Å². The van der Waals surface area contributed by atoms with Gasteiger partial charge in [-0.15, -0.1) is 0 Å². The van der Waals surface area contributed by atoms with E-state index in [9.17, 15) is 30.7 Å². The number of hydrogen-bond donors (Lipinski definition) is 0. The fraction of sp³-hybridized carbons (Fsp3) is 0.200. The third-order valence-corrected chi connectivity index (χ3v) is 2.53. The molecule has 10 heteroatoms. The first-order chi connectivity index (χ1) is 9.00. The molecule has 0 unspecified atom stereocenters. The zero-order valence-corrected chi connectivity index (χ0v) is 9.83. The van der Waals surface area contributed by atoms with Gasteiger partial charge in [0.2, 0.25) is 0 Å². The molecule has 0 aliphatic heterocycles. The molecule has 1 aromatic carbocycles. The maximum absolute atomic E-state index is 13.1. The van der Waals surface area contributed by atoms with Gasteiger partial charge in [-0.2, -0.15) is 26.3 Å². The Morgan fingerprint density at radius 2 is 1.20 bits per heavy atom. The topological polar surface area (TPSA) is 25.8 Å². The number of benzene rings is 1. The third-order valence-electron chi connectivity index (χ3n) is 2.24. The summed E-state index contributed by atoms with van der Waals surface area (Å²) >= 11 is 5.34. The summed E-state index contributed by atoms with van der Waals surface area (Å²) in [5.41, 5.74) is -5.68. The van der Waals surface area contributed by atoms with Crippen LogP contribution in [0, 0.1) is 5.82 Å². The number of alkyl halides is 6. The SMILES string of the molecule is Fc1cc2nc(C(F)(F)F)c(C(F)(F)F)nc2cc1Cl. The van der Waals surface area contributed by atoms with E-state index in [1.165, 1.54) is 0 Å². The lowest BCUT2D eigenvalue weighted by atomic mass is 10.2. The molecule has 1 heterocycles. The summed E-state index contributed by atoms with van der Waals surface area (Å²) in [5.74, 6) is -1.11. The average Bonchev–Trinajstić information content (AvgIpc) is 2.26. The van der Waals surface area contributed by atoms with Crippen LogP contribution in [0.1, 0.15) is 11.4 Å². The van der Waals surface area contributed by atoms with Gasteiger partial charge < -0.3 is 0 Å². The summed E-state index contributed by atoms with van der Waals surface area (Å²) in [7, 11) is 0. The highest BCUT2D eigenvalue weighted by atomic mass is 35.5. The van der Waals surface area contributed by atoms with Gasteiger partial charge in [0.25, 0.3) is 0 Å². The van der Waals surface area contributed by atoms with Crippen molar-refractivity contribution >= 4 is 22.6 Å². The summed E-state index contributed by atoms with van der Waals surface area (Å²) in [6.07, 6.45) is -10.7. The van der Waals surface area contributed by atoms with Crippen LogP contribution in [0.4, 0.5) is 30.7 Å². The Hall–Kier alpha value is -1.64. The lowest BCUT2D eigenvalue weighted by Crippen LogP contribution is -2.20. The van der Waals surface area contributed by atoms with Gasteiger partial charge >= 0.3 is 12.4 Å². The fourth-order valence-corrected chi connectivity index (χ4v) is 1.60. The molecule has 108 valence electrons. The minimum absolute atomic E-state index is 0.486. The van der Waals surface area contributed by atoms with Gasteiger partial charge in [-0.3, -0.25) is 0 Å². The van der Waals surface area contributed by atoms with Gasteiger partial charge in [0.1, 0.15) is 5.82 Å². The normalized spacial score (nSPS) is 13.0. The van der Waals surface area contributed by atoms with Crippen LogP contribution in [0.3, 0.4) is 0 Å². The molecule has 0 atom stereocenters. The van der Waals surface area contributed by atoms with Crippen LogP contribution < -0.4 is 0 Å². The van der Waals surface area contributed by atoms with Crippen LogP contribution in [-0.4, -0.2) is 9.97 Å². The van der Waals surface area contributed by atoms with E-state index in [1.807, 2.05) is 0 Å². The summed E-state index contributed by atoms with van der Waals surface area (Å²) in [6.45, 7) is 0. The van der Waals surface area contributed by atoms with Crippen molar-refractivity contribution in [3.63, 3.8) is 0 Å². The van der Waals surface area contributed by atoms with E-state index in [0.29, 0.717) is 12.1 Å². The van der Waals surface area contributed by atoms with Crippen molar-refractivity contribution < 1.29 is 30.7 Å². The second kappa shape index (κ2) is 4.44. The monoisotopic (exact) mass is 318 g/mol. The molecule has 20 heavy (non-hydrogen) atoms. The Morgan fingerprint density at radius 3 is 1.60 bits per heavy atom. The van der Waals surface area contributed by atoms with Crippen LogP contribution in [0.25, 0.3) is 11.0 Å². The highest BCUT2D eigenvalue weighted by molar-refractivity contribution is 6.31. The van der Waals surface area contributed by atoms with Crippen molar-refractivity contribution in [2.45, 2.75) is 12.4 Å². The van der Waals surface area contributed by atoms with Crippen molar-refractivity contribution in [1.29, 1.82) is 0 Å². The standard InChI is InChI=1S/C10H2ClF7N2/c11-3-1-5-6(2-4(3)12)20-8(10(16,17)18)7(19-5)9(13,14)15/h1-2H. The molecule has 0 aliphatic carbocycles. The Balaban J connectivity index is 2.86. The first-order valence-electron chi connectivity index (χ1n) is 4.81. The minimum atomic E-state index is -5.37. The maximum Gasteiger partial charge on any atom is 0.435 e. The van der Waals surface area contributed by atoms with Gasteiger partial charge in [0.05, 0.1) is 16.1 Å². The average molecular weight is 319 g/mol. The Bertz CT molecular complexity index is 619. The molecule has 0 N–H and O–H groups in total. The summed E-state index contributed by atoms with van der Waals surface area (Å²) in [6, 6.07) is 1.16. The number of rotatable bonds is 0. The summed E-state index contributed by atoms with van der Waals surface area (Å²) in [4.78, 5) is 5.66. The Kier molecular flexibility index (Phi) is 3.28. The van der Waals surface area contributed by atoms with Gasteiger partial charge in [-0.05, 0) is 6.07 Å². The molecule has 0 fully saturated rings. The van der Waals surface area contributed by atoms with Crippen molar-refractivity contribution in [2.24, 2.45) is 0 Å². The molecule has 2 rings (SSSR count). The predicted molar refractivity (Wildman–Crippen MR) is 54.5 cm³/mol. The van der Waals surface area contributed by atoms with E-state index in [1.54, 1.807) is 0 Å². The molecule has 0 saturated heterocycles. The number of fused-ring (bicyclic) bond motifs is 1.